The summed E-state index contributed by atoms with van der Waals surface area (Å²) in [5, 5.41) is 0.164. The van der Waals surface area contributed by atoms with Gasteiger partial charge in [-0.3, -0.25) is 0 Å². The van der Waals surface area contributed by atoms with E-state index in [1.165, 1.54) is 16.8 Å². The maximum Gasteiger partial charge on any atom is 0.260 e. The number of aromatic amines is 1. The zero-order valence-electron chi connectivity index (χ0n) is 10.2. The van der Waals surface area contributed by atoms with Crippen LogP contribution in [0.1, 0.15) is 19.8 Å². The third-order valence-corrected chi connectivity index (χ3v) is 5.16. The molecule has 104 valence electrons. The highest BCUT2D eigenvalue weighted by Gasteiger charge is 2.31. The zero-order valence-corrected chi connectivity index (χ0v) is 11.9. The van der Waals surface area contributed by atoms with E-state index in [0.717, 1.165) is 12.8 Å². The lowest BCUT2D eigenvalue weighted by atomic mass is 9.92. The summed E-state index contributed by atoms with van der Waals surface area (Å²) in [5.74, 6) is 0.420. The summed E-state index contributed by atoms with van der Waals surface area (Å²) < 4.78 is 25.8. The molecule has 0 amide bonds. The molecule has 1 saturated heterocycles. The summed E-state index contributed by atoms with van der Waals surface area (Å²) in [6.07, 6.45) is 4.37. The molecule has 6 nitrogen and oxygen atoms in total. The number of nitrogens with two attached hydrogens (primary N) is 1. The average molecular weight is 295 g/mol. The van der Waals surface area contributed by atoms with Crippen molar-refractivity contribution < 1.29 is 8.42 Å². The van der Waals surface area contributed by atoms with Crippen LogP contribution in [0.5, 0.6) is 0 Å². The Morgan fingerprint density at radius 2 is 2.11 bits per heavy atom. The van der Waals surface area contributed by atoms with Gasteiger partial charge in [-0.15, -0.1) is 12.4 Å². The fraction of sp³-hybridized carbons (Fsp3) is 0.700. The van der Waals surface area contributed by atoms with Gasteiger partial charge >= 0.3 is 0 Å². The third kappa shape index (κ3) is 3.03. The second-order valence-corrected chi connectivity index (χ2v) is 6.42. The summed E-state index contributed by atoms with van der Waals surface area (Å²) in [6.45, 7) is 3.05. The van der Waals surface area contributed by atoms with Gasteiger partial charge in [0.2, 0.25) is 0 Å². The normalized spacial score (nSPS) is 20.3. The molecule has 1 aliphatic rings. The van der Waals surface area contributed by atoms with E-state index in [1.807, 2.05) is 6.92 Å². The van der Waals surface area contributed by atoms with Crippen molar-refractivity contribution in [2.24, 2.45) is 11.7 Å². The molecule has 0 aromatic carbocycles. The molecule has 8 heteroatoms. The second-order valence-electron chi connectivity index (χ2n) is 4.52. The molecular formula is C10H19ClN4O2S. The van der Waals surface area contributed by atoms with E-state index < -0.39 is 10.0 Å². The zero-order chi connectivity index (χ0) is 12.5. The van der Waals surface area contributed by atoms with Crippen molar-refractivity contribution in [3.63, 3.8) is 0 Å². The van der Waals surface area contributed by atoms with Crippen LogP contribution < -0.4 is 5.73 Å². The summed E-state index contributed by atoms with van der Waals surface area (Å²) in [7, 11) is -3.39. The molecule has 1 fully saturated rings. The number of aromatic nitrogens is 2. The van der Waals surface area contributed by atoms with Gasteiger partial charge in [0.25, 0.3) is 10.0 Å². The number of sulfonamides is 1. The fourth-order valence-corrected chi connectivity index (χ4v) is 3.53. The topological polar surface area (TPSA) is 92.1 Å². The van der Waals surface area contributed by atoms with Gasteiger partial charge in [0.1, 0.15) is 0 Å². The van der Waals surface area contributed by atoms with Crippen LogP contribution in [0.3, 0.4) is 0 Å². The molecule has 1 aromatic heterocycles. The predicted molar refractivity (Wildman–Crippen MR) is 71.0 cm³/mol. The van der Waals surface area contributed by atoms with Crippen molar-refractivity contribution in [2.75, 3.05) is 13.1 Å². The molecule has 1 aliphatic heterocycles. The summed E-state index contributed by atoms with van der Waals surface area (Å²) in [6, 6.07) is 0.131. The molecule has 0 saturated carbocycles. The Kier molecular flexibility index (Phi) is 5.15. The quantitative estimate of drug-likeness (QED) is 0.853. The van der Waals surface area contributed by atoms with Gasteiger partial charge in [-0.1, -0.05) is 0 Å². The lowest BCUT2D eigenvalue weighted by Crippen LogP contribution is -2.42. The van der Waals surface area contributed by atoms with Gasteiger partial charge in [0, 0.05) is 19.1 Å². The average Bonchev–Trinajstić information content (AvgIpc) is 2.83. The van der Waals surface area contributed by atoms with Crippen LogP contribution in [0.15, 0.2) is 17.6 Å². The monoisotopic (exact) mass is 294 g/mol. The van der Waals surface area contributed by atoms with Crippen molar-refractivity contribution in [3.8, 4) is 0 Å². The first kappa shape index (κ1) is 15.4. The first-order chi connectivity index (χ1) is 8.01. The van der Waals surface area contributed by atoms with Crippen molar-refractivity contribution in [1.82, 2.24) is 14.3 Å². The Balaban J connectivity index is 0.00000162. The molecule has 0 spiro atoms. The van der Waals surface area contributed by atoms with Crippen LogP contribution in [0.25, 0.3) is 0 Å². The van der Waals surface area contributed by atoms with Gasteiger partial charge in [-0.05, 0) is 25.7 Å². The molecule has 2 rings (SSSR count). The van der Waals surface area contributed by atoms with Crippen LogP contribution in [0.4, 0.5) is 0 Å². The number of piperidine rings is 1. The highest BCUT2D eigenvalue weighted by molar-refractivity contribution is 7.89. The number of halogens is 1. The van der Waals surface area contributed by atoms with Crippen molar-refractivity contribution in [1.29, 1.82) is 0 Å². The van der Waals surface area contributed by atoms with E-state index in [2.05, 4.69) is 9.97 Å². The molecule has 1 aromatic rings. The number of hydrogen-bond acceptors (Lipinski definition) is 4. The van der Waals surface area contributed by atoms with Crippen LogP contribution in [-0.2, 0) is 10.0 Å². The second kappa shape index (κ2) is 6.01. The minimum atomic E-state index is -3.39. The molecular weight excluding hydrogens is 276 g/mol. The first-order valence-corrected chi connectivity index (χ1v) is 7.20. The molecule has 0 radical (unpaired) electrons. The number of rotatable bonds is 3. The number of H-pyrrole nitrogens is 1. The number of nitrogens with one attached hydrogen (secondary N) is 1. The molecule has 2 heterocycles. The minimum absolute atomic E-state index is 0. The van der Waals surface area contributed by atoms with Gasteiger partial charge in [0.05, 0.1) is 12.5 Å². The Labute approximate surface area is 113 Å². The summed E-state index contributed by atoms with van der Waals surface area (Å²) >= 11 is 0. The summed E-state index contributed by atoms with van der Waals surface area (Å²) in [4.78, 5) is 6.39. The standard InChI is InChI=1S/C10H18N4O2S.ClH/c1-8(11)9-2-4-14(5-3-9)17(15,16)10-6-12-7-13-10;/h6-9H,2-5,11H2,1H3,(H,12,13);1H. The Hall–Kier alpha value is -0.630. The van der Waals surface area contributed by atoms with Crippen molar-refractivity contribution in [2.45, 2.75) is 30.8 Å². The van der Waals surface area contributed by atoms with Crippen molar-refractivity contribution in [3.05, 3.63) is 12.5 Å². The number of imidazole rings is 1. The third-order valence-electron chi connectivity index (χ3n) is 3.33. The Morgan fingerprint density at radius 1 is 1.50 bits per heavy atom. The van der Waals surface area contributed by atoms with Gasteiger partial charge in [-0.2, -0.15) is 4.31 Å². The van der Waals surface area contributed by atoms with E-state index in [0.29, 0.717) is 19.0 Å². The summed E-state index contributed by atoms with van der Waals surface area (Å²) in [5.41, 5.74) is 5.83. The Morgan fingerprint density at radius 3 is 2.56 bits per heavy atom. The maximum atomic E-state index is 12.1. The van der Waals surface area contributed by atoms with E-state index in [-0.39, 0.29) is 23.5 Å². The predicted octanol–water partition coefficient (Wildman–Crippen LogP) is 0.579. The fourth-order valence-electron chi connectivity index (χ4n) is 2.17. The highest BCUT2D eigenvalue weighted by Crippen LogP contribution is 2.23. The minimum Gasteiger partial charge on any atom is -0.335 e. The van der Waals surface area contributed by atoms with E-state index >= 15 is 0 Å². The van der Waals surface area contributed by atoms with E-state index in [4.69, 9.17) is 5.73 Å². The van der Waals surface area contributed by atoms with Gasteiger partial charge in [0.15, 0.2) is 5.03 Å². The molecule has 3 N–H and O–H groups in total. The van der Waals surface area contributed by atoms with Crippen LogP contribution >= 0.6 is 12.4 Å². The Bertz CT molecular complexity index is 452. The van der Waals surface area contributed by atoms with E-state index in [1.54, 1.807) is 0 Å². The van der Waals surface area contributed by atoms with E-state index in [9.17, 15) is 8.42 Å². The molecule has 18 heavy (non-hydrogen) atoms. The van der Waals surface area contributed by atoms with Crippen LogP contribution in [0.2, 0.25) is 0 Å². The smallest absolute Gasteiger partial charge is 0.260 e. The first-order valence-electron chi connectivity index (χ1n) is 5.76. The van der Waals surface area contributed by atoms with Crippen LogP contribution in [0, 0.1) is 5.92 Å². The molecule has 1 atom stereocenters. The largest absolute Gasteiger partial charge is 0.335 e. The van der Waals surface area contributed by atoms with Gasteiger partial charge < -0.3 is 10.7 Å². The van der Waals surface area contributed by atoms with Crippen molar-refractivity contribution >= 4 is 22.4 Å². The van der Waals surface area contributed by atoms with Gasteiger partial charge in [-0.25, -0.2) is 13.4 Å². The SMILES string of the molecule is CC(N)C1CCN(S(=O)(=O)c2cnc[nH]2)CC1.Cl. The number of nitrogens with zero attached hydrogens (tertiary/aromatic N) is 2. The maximum absolute atomic E-state index is 12.1. The lowest BCUT2D eigenvalue weighted by molar-refractivity contribution is 0.250. The molecule has 1 unspecified atom stereocenters. The highest BCUT2D eigenvalue weighted by atomic mass is 35.5. The molecule has 0 bridgehead atoms. The number of hydrogen-bond donors (Lipinski definition) is 2. The van der Waals surface area contributed by atoms with Crippen LogP contribution in [-0.4, -0.2) is 41.8 Å². The molecule has 0 aliphatic carbocycles. The lowest BCUT2D eigenvalue weighted by Gasteiger charge is -2.32.